The molecule has 1 saturated carbocycles. The van der Waals surface area contributed by atoms with Crippen LogP contribution in [-0.2, 0) is 6.42 Å². The lowest BCUT2D eigenvalue weighted by atomic mass is 9.76. The average molecular weight is 276 g/mol. The summed E-state index contributed by atoms with van der Waals surface area (Å²) < 4.78 is 0. The molecule has 3 atom stereocenters. The van der Waals surface area contributed by atoms with Crippen molar-refractivity contribution >= 4 is 5.69 Å². The number of hydrogen-bond acceptors (Lipinski definition) is 3. The Labute approximate surface area is 120 Å². The molecule has 1 aliphatic rings. The Kier molecular flexibility index (Phi) is 5.12. The Morgan fingerprint density at radius 3 is 2.80 bits per heavy atom. The molecule has 0 aliphatic heterocycles. The maximum atomic E-state index is 11.1. The first-order chi connectivity index (χ1) is 9.61. The highest BCUT2D eigenvalue weighted by molar-refractivity contribution is 5.40. The molecule has 20 heavy (non-hydrogen) atoms. The van der Waals surface area contributed by atoms with Crippen LogP contribution >= 0.6 is 0 Å². The van der Waals surface area contributed by atoms with Crippen molar-refractivity contribution < 1.29 is 4.92 Å². The summed E-state index contributed by atoms with van der Waals surface area (Å²) in [5, 5.41) is 14.7. The lowest BCUT2D eigenvalue weighted by molar-refractivity contribution is -0.385. The number of rotatable bonds is 5. The Hall–Kier alpha value is -1.42. The first-order valence-electron chi connectivity index (χ1n) is 7.57. The molecule has 110 valence electrons. The number of nitro groups is 1. The third-order valence-electron chi connectivity index (χ3n) is 4.38. The van der Waals surface area contributed by atoms with E-state index in [1.54, 1.807) is 12.1 Å². The molecule has 1 aliphatic carbocycles. The second-order valence-corrected chi connectivity index (χ2v) is 5.93. The van der Waals surface area contributed by atoms with Gasteiger partial charge in [0.1, 0.15) is 0 Å². The quantitative estimate of drug-likeness (QED) is 0.661. The van der Waals surface area contributed by atoms with Crippen molar-refractivity contribution in [1.82, 2.24) is 5.32 Å². The topological polar surface area (TPSA) is 55.2 Å². The molecule has 0 amide bonds. The van der Waals surface area contributed by atoms with Crippen LogP contribution in [0.25, 0.3) is 0 Å². The van der Waals surface area contributed by atoms with Gasteiger partial charge < -0.3 is 5.32 Å². The van der Waals surface area contributed by atoms with E-state index >= 15 is 0 Å². The monoisotopic (exact) mass is 276 g/mol. The number of nitrogens with one attached hydrogen (secondary N) is 1. The van der Waals surface area contributed by atoms with Crippen molar-refractivity contribution in [1.29, 1.82) is 0 Å². The van der Waals surface area contributed by atoms with E-state index in [1.165, 1.54) is 12.8 Å². The number of hydrogen-bond donors (Lipinski definition) is 1. The van der Waals surface area contributed by atoms with Crippen LogP contribution in [0.1, 0.15) is 38.7 Å². The van der Waals surface area contributed by atoms with Crippen molar-refractivity contribution in [3.05, 3.63) is 39.9 Å². The molecule has 0 aromatic heterocycles. The van der Waals surface area contributed by atoms with Crippen molar-refractivity contribution in [2.24, 2.45) is 11.8 Å². The van der Waals surface area contributed by atoms with E-state index in [2.05, 4.69) is 19.2 Å². The van der Waals surface area contributed by atoms with Gasteiger partial charge in [0.05, 0.1) is 4.92 Å². The van der Waals surface area contributed by atoms with Gasteiger partial charge in [-0.05, 0) is 44.1 Å². The fraction of sp³-hybridized carbons (Fsp3) is 0.625. The summed E-state index contributed by atoms with van der Waals surface area (Å²) >= 11 is 0. The van der Waals surface area contributed by atoms with Gasteiger partial charge in [-0.15, -0.1) is 0 Å². The van der Waals surface area contributed by atoms with E-state index in [9.17, 15) is 10.1 Å². The van der Waals surface area contributed by atoms with Crippen LogP contribution in [0.3, 0.4) is 0 Å². The van der Waals surface area contributed by atoms with Gasteiger partial charge in [-0.3, -0.25) is 10.1 Å². The highest BCUT2D eigenvalue weighted by Gasteiger charge is 2.29. The van der Waals surface area contributed by atoms with Crippen LogP contribution in [0, 0.1) is 22.0 Å². The van der Waals surface area contributed by atoms with E-state index < -0.39 is 0 Å². The van der Waals surface area contributed by atoms with E-state index in [0.717, 1.165) is 30.9 Å². The maximum Gasteiger partial charge on any atom is 0.272 e. The molecular formula is C16H24N2O2. The van der Waals surface area contributed by atoms with Crippen LogP contribution in [0.5, 0.6) is 0 Å². The SMILES string of the molecule is CCNC1CCC(C)CC1Cc1ccccc1[N+](=O)[O-]. The predicted molar refractivity (Wildman–Crippen MR) is 80.8 cm³/mol. The van der Waals surface area contributed by atoms with Gasteiger partial charge >= 0.3 is 0 Å². The van der Waals surface area contributed by atoms with E-state index in [0.29, 0.717) is 12.0 Å². The van der Waals surface area contributed by atoms with Crippen molar-refractivity contribution in [2.75, 3.05) is 6.54 Å². The third kappa shape index (κ3) is 3.57. The molecule has 0 heterocycles. The molecule has 3 unspecified atom stereocenters. The average Bonchev–Trinajstić information content (AvgIpc) is 2.42. The molecule has 4 heteroatoms. The highest BCUT2D eigenvalue weighted by Crippen LogP contribution is 2.33. The Balaban J connectivity index is 2.15. The molecule has 1 N–H and O–H groups in total. The smallest absolute Gasteiger partial charge is 0.272 e. The molecule has 0 spiro atoms. The standard InChI is InChI=1S/C16H24N2O2/c1-3-17-15-9-8-12(2)10-14(15)11-13-6-4-5-7-16(13)18(19)20/h4-7,12,14-15,17H,3,8-11H2,1-2H3. The summed E-state index contributed by atoms with van der Waals surface area (Å²) in [6.07, 6.45) is 4.40. The van der Waals surface area contributed by atoms with Gasteiger partial charge in [-0.1, -0.05) is 32.0 Å². The van der Waals surface area contributed by atoms with Gasteiger partial charge in [-0.25, -0.2) is 0 Å². The van der Waals surface area contributed by atoms with E-state index in [4.69, 9.17) is 0 Å². The van der Waals surface area contributed by atoms with Crippen molar-refractivity contribution in [2.45, 2.75) is 45.6 Å². The zero-order chi connectivity index (χ0) is 14.5. The summed E-state index contributed by atoms with van der Waals surface area (Å²) in [6.45, 7) is 5.38. The summed E-state index contributed by atoms with van der Waals surface area (Å²) in [4.78, 5) is 10.9. The third-order valence-corrected chi connectivity index (χ3v) is 4.38. The van der Waals surface area contributed by atoms with Gasteiger partial charge in [0.2, 0.25) is 0 Å². The van der Waals surface area contributed by atoms with Crippen molar-refractivity contribution in [3.63, 3.8) is 0 Å². The number of nitrogens with zero attached hydrogens (tertiary/aromatic N) is 1. The molecule has 1 fully saturated rings. The summed E-state index contributed by atoms with van der Waals surface area (Å²) in [5.74, 6) is 1.22. The molecule has 0 saturated heterocycles. The fourth-order valence-corrected chi connectivity index (χ4v) is 3.40. The predicted octanol–water partition coefficient (Wildman–Crippen LogP) is 3.55. The molecule has 0 radical (unpaired) electrons. The summed E-state index contributed by atoms with van der Waals surface area (Å²) in [7, 11) is 0. The van der Waals surface area contributed by atoms with Crippen LogP contribution in [0.2, 0.25) is 0 Å². The van der Waals surface area contributed by atoms with Gasteiger partial charge in [0, 0.05) is 17.7 Å². The highest BCUT2D eigenvalue weighted by atomic mass is 16.6. The first-order valence-corrected chi connectivity index (χ1v) is 7.57. The molecule has 1 aromatic carbocycles. The minimum Gasteiger partial charge on any atom is -0.314 e. The largest absolute Gasteiger partial charge is 0.314 e. The van der Waals surface area contributed by atoms with Gasteiger partial charge in [-0.2, -0.15) is 0 Å². The van der Waals surface area contributed by atoms with Crippen LogP contribution in [-0.4, -0.2) is 17.5 Å². The maximum absolute atomic E-state index is 11.1. The molecule has 2 rings (SSSR count). The Bertz CT molecular complexity index is 462. The number of nitro benzene ring substituents is 1. The minimum absolute atomic E-state index is 0.260. The zero-order valence-electron chi connectivity index (χ0n) is 12.3. The van der Waals surface area contributed by atoms with Crippen LogP contribution in [0.4, 0.5) is 5.69 Å². The van der Waals surface area contributed by atoms with Crippen molar-refractivity contribution in [3.8, 4) is 0 Å². The van der Waals surface area contributed by atoms with Crippen LogP contribution in [0.15, 0.2) is 24.3 Å². The van der Waals surface area contributed by atoms with E-state index in [-0.39, 0.29) is 10.6 Å². The van der Waals surface area contributed by atoms with Gasteiger partial charge in [0.25, 0.3) is 5.69 Å². The Morgan fingerprint density at radius 2 is 2.10 bits per heavy atom. The second kappa shape index (κ2) is 6.84. The first kappa shape index (κ1) is 15.0. The molecule has 1 aromatic rings. The summed E-state index contributed by atoms with van der Waals surface area (Å²) in [6, 6.07) is 7.66. The molecule has 0 bridgehead atoms. The minimum atomic E-state index is -0.260. The lowest BCUT2D eigenvalue weighted by Gasteiger charge is -2.35. The Morgan fingerprint density at radius 1 is 1.35 bits per heavy atom. The van der Waals surface area contributed by atoms with E-state index in [1.807, 2.05) is 12.1 Å². The lowest BCUT2D eigenvalue weighted by Crippen LogP contribution is -2.41. The zero-order valence-corrected chi connectivity index (χ0v) is 12.3. The number of benzene rings is 1. The second-order valence-electron chi connectivity index (χ2n) is 5.93. The normalized spacial score (nSPS) is 26.4. The number of para-hydroxylation sites is 1. The summed E-state index contributed by atoms with van der Waals surface area (Å²) in [5.41, 5.74) is 1.14. The van der Waals surface area contributed by atoms with Gasteiger partial charge in [0.15, 0.2) is 0 Å². The fourth-order valence-electron chi connectivity index (χ4n) is 3.40. The molecular weight excluding hydrogens is 252 g/mol. The van der Waals surface area contributed by atoms with Crippen LogP contribution < -0.4 is 5.32 Å². The molecule has 4 nitrogen and oxygen atoms in total.